The Morgan fingerprint density at radius 3 is 2.79 bits per heavy atom. The third kappa shape index (κ3) is 4.04. The zero-order valence-corrected chi connectivity index (χ0v) is 15.5. The number of benzene rings is 2. The molecule has 2 aromatic carbocycles. The lowest BCUT2D eigenvalue weighted by molar-refractivity contribution is 0.151. The normalized spacial score (nSPS) is 17.8. The van der Waals surface area contributed by atoms with E-state index in [-0.39, 0.29) is 11.6 Å². The highest BCUT2D eigenvalue weighted by molar-refractivity contribution is 5.92. The molecule has 0 bridgehead atoms. The minimum absolute atomic E-state index is 0.0223. The molecule has 0 aliphatic carbocycles. The maximum absolute atomic E-state index is 13.0. The lowest BCUT2D eigenvalue weighted by Gasteiger charge is -2.18. The molecule has 0 unspecified atom stereocenters. The molecule has 1 saturated heterocycles. The van der Waals surface area contributed by atoms with Crippen LogP contribution in [0.3, 0.4) is 0 Å². The Morgan fingerprint density at radius 2 is 2.00 bits per heavy atom. The molecule has 0 amide bonds. The number of aromatic nitrogens is 2. The van der Waals surface area contributed by atoms with E-state index in [1.165, 1.54) is 12.1 Å². The monoisotopic (exact) mass is 384 g/mol. The predicted molar refractivity (Wildman–Crippen MR) is 106 cm³/mol. The van der Waals surface area contributed by atoms with Gasteiger partial charge in [-0.2, -0.15) is 10.2 Å². The highest BCUT2D eigenvalue weighted by atomic mass is 19.3. The molecule has 1 aliphatic rings. The van der Waals surface area contributed by atoms with Crippen LogP contribution in [-0.2, 0) is 4.74 Å². The van der Waals surface area contributed by atoms with Crippen molar-refractivity contribution in [2.24, 2.45) is 0 Å². The molecule has 1 fully saturated rings. The van der Waals surface area contributed by atoms with Crippen molar-refractivity contribution >= 4 is 22.3 Å². The number of alkyl halides is 2. The van der Waals surface area contributed by atoms with Crippen LogP contribution in [0, 0.1) is 0 Å². The Labute approximate surface area is 162 Å². The minimum Gasteiger partial charge on any atom is -0.380 e. The van der Waals surface area contributed by atoms with Crippen molar-refractivity contribution in [1.29, 1.82) is 0 Å². The van der Waals surface area contributed by atoms with Crippen LogP contribution in [0.15, 0.2) is 48.7 Å². The molecule has 2 atom stereocenters. The molecule has 5 nitrogen and oxygen atoms in total. The summed E-state index contributed by atoms with van der Waals surface area (Å²) in [7, 11) is 0. The summed E-state index contributed by atoms with van der Waals surface area (Å²) in [6, 6.07) is 12.6. The van der Waals surface area contributed by atoms with E-state index in [1.54, 1.807) is 12.3 Å². The Bertz CT molecular complexity index is 960. The van der Waals surface area contributed by atoms with Crippen molar-refractivity contribution in [2.45, 2.75) is 31.9 Å². The molecule has 0 spiro atoms. The summed E-state index contributed by atoms with van der Waals surface area (Å²) in [6.07, 6.45) is 0.164. The molecular formula is C21H22F2N4O. The number of hydrogen-bond donors (Lipinski definition) is 2. The number of anilines is 2. The Balaban J connectivity index is 1.59. The van der Waals surface area contributed by atoms with Gasteiger partial charge in [0.15, 0.2) is 0 Å². The summed E-state index contributed by atoms with van der Waals surface area (Å²) < 4.78 is 31.4. The van der Waals surface area contributed by atoms with Gasteiger partial charge >= 0.3 is 0 Å². The Kier molecular flexibility index (Phi) is 5.34. The summed E-state index contributed by atoms with van der Waals surface area (Å²) >= 11 is 0. The van der Waals surface area contributed by atoms with Crippen LogP contribution in [-0.4, -0.2) is 29.5 Å². The van der Waals surface area contributed by atoms with Gasteiger partial charge in [0.25, 0.3) is 6.43 Å². The molecular weight excluding hydrogens is 362 g/mol. The molecule has 7 heteroatoms. The topological polar surface area (TPSA) is 59.1 Å². The summed E-state index contributed by atoms with van der Waals surface area (Å²) in [5.41, 5.74) is 3.39. The van der Waals surface area contributed by atoms with E-state index >= 15 is 0 Å². The average molecular weight is 384 g/mol. The predicted octanol–water partition coefficient (Wildman–Crippen LogP) is 4.94. The number of hydrogen-bond acceptors (Lipinski definition) is 5. The number of rotatable bonds is 6. The molecule has 2 heterocycles. The van der Waals surface area contributed by atoms with E-state index in [1.807, 2.05) is 31.2 Å². The summed E-state index contributed by atoms with van der Waals surface area (Å²) in [6.45, 7) is 3.42. The van der Waals surface area contributed by atoms with Gasteiger partial charge in [0.1, 0.15) is 0 Å². The molecule has 3 aromatic rings. The molecule has 146 valence electrons. The minimum atomic E-state index is -2.48. The van der Waals surface area contributed by atoms with Gasteiger partial charge < -0.3 is 15.4 Å². The maximum Gasteiger partial charge on any atom is 0.263 e. The van der Waals surface area contributed by atoms with Crippen LogP contribution >= 0.6 is 0 Å². The fourth-order valence-electron chi connectivity index (χ4n) is 3.43. The van der Waals surface area contributed by atoms with Gasteiger partial charge in [-0.3, -0.25) is 0 Å². The molecule has 2 N–H and O–H groups in total. The van der Waals surface area contributed by atoms with E-state index in [2.05, 4.69) is 20.8 Å². The van der Waals surface area contributed by atoms with E-state index < -0.39 is 6.43 Å². The van der Waals surface area contributed by atoms with Crippen molar-refractivity contribution in [3.05, 3.63) is 59.8 Å². The lowest BCUT2D eigenvalue weighted by Crippen LogP contribution is -2.18. The van der Waals surface area contributed by atoms with Crippen LogP contribution < -0.4 is 10.6 Å². The SMILES string of the molecule is C[C@@H](Nc1cnnc2ccc(N[C@@H]3CCOC3)cc12)c1cccc(C(F)F)c1. The first-order valence-electron chi connectivity index (χ1n) is 9.34. The zero-order valence-electron chi connectivity index (χ0n) is 15.5. The summed E-state index contributed by atoms with van der Waals surface area (Å²) in [5, 5.41) is 16.1. The van der Waals surface area contributed by atoms with Crippen LogP contribution in [0.25, 0.3) is 10.9 Å². The largest absolute Gasteiger partial charge is 0.380 e. The molecule has 1 aliphatic heterocycles. The van der Waals surface area contributed by atoms with Gasteiger partial charge in [0.05, 0.1) is 30.0 Å². The smallest absolute Gasteiger partial charge is 0.263 e. The number of nitrogens with one attached hydrogen (secondary N) is 2. The van der Waals surface area contributed by atoms with E-state index in [0.29, 0.717) is 12.6 Å². The third-order valence-corrected chi connectivity index (χ3v) is 4.97. The van der Waals surface area contributed by atoms with Gasteiger partial charge in [-0.1, -0.05) is 18.2 Å². The molecule has 0 radical (unpaired) electrons. The van der Waals surface area contributed by atoms with Gasteiger partial charge in [0.2, 0.25) is 0 Å². The van der Waals surface area contributed by atoms with E-state index in [4.69, 9.17) is 4.74 Å². The molecule has 28 heavy (non-hydrogen) atoms. The first-order valence-corrected chi connectivity index (χ1v) is 9.34. The second-order valence-electron chi connectivity index (χ2n) is 7.03. The highest BCUT2D eigenvalue weighted by Gasteiger charge is 2.16. The van der Waals surface area contributed by atoms with Crippen molar-refractivity contribution in [2.75, 3.05) is 23.8 Å². The van der Waals surface area contributed by atoms with E-state index in [0.717, 1.165) is 40.9 Å². The fraction of sp³-hybridized carbons (Fsp3) is 0.333. The van der Waals surface area contributed by atoms with Crippen LogP contribution in [0.1, 0.15) is 36.9 Å². The first-order chi connectivity index (χ1) is 13.6. The number of fused-ring (bicyclic) bond motifs is 1. The van der Waals surface area contributed by atoms with Crippen molar-refractivity contribution in [1.82, 2.24) is 10.2 Å². The standard InChI is InChI=1S/C21H22F2N4O/c1-13(14-3-2-4-15(9-14)21(22)23)25-20-11-24-27-19-6-5-16(10-18(19)20)26-17-7-8-28-12-17/h2-6,9-11,13,17,21,26H,7-8,12H2,1H3,(H,25,27)/t13-,17-/m1/s1. The quantitative estimate of drug-likeness (QED) is 0.630. The van der Waals surface area contributed by atoms with Crippen molar-refractivity contribution < 1.29 is 13.5 Å². The number of halogens is 2. The van der Waals surface area contributed by atoms with Gasteiger partial charge in [-0.15, -0.1) is 0 Å². The Morgan fingerprint density at radius 1 is 1.14 bits per heavy atom. The molecule has 4 rings (SSSR count). The molecule has 1 aromatic heterocycles. The van der Waals surface area contributed by atoms with Crippen LogP contribution in [0.5, 0.6) is 0 Å². The first kappa shape index (κ1) is 18.6. The number of nitrogens with zero attached hydrogens (tertiary/aromatic N) is 2. The second-order valence-corrected chi connectivity index (χ2v) is 7.03. The fourth-order valence-corrected chi connectivity index (χ4v) is 3.43. The van der Waals surface area contributed by atoms with Crippen molar-refractivity contribution in [3.8, 4) is 0 Å². The third-order valence-electron chi connectivity index (χ3n) is 4.97. The highest BCUT2D eigenvalue weighted by Crippen LogP contribution is 2.29. The van der Waals surface area contributed by atoms with Gasteiger partial charge in [-0.25, -0.2) is 8.78 Å². The molecule has 0 saturated carbocycles. The van der Waals surface area contributed by atoms with Gasteiger partial charge in [0, 0.05) is 29.3 Å². The maximum atomic E-state index is 13.0. The Hall–Kier alpha value is -2.80. The van der Waals surface area contributed by atoms with Gasteiger partial charge in [-0.05, 0) is 43.2 Å². The average Bonchev–Trinajstić information content (AvgIpc) is 3.21. The van der Waals surface area contributed by atoms with Crippen LogP contribution in [0.4, 0.5) is 20.2 Å². The summed E-state index contributed by atoms with van der Waals surface area (Å²) in [5.74, 6) is 0. The number of ether oxygens (including phenoxy) is 1. The second kappa shape index (κ2) is 8.06. The summed E-state index contributed by atoms with van der Waals surface area (Å²) in [4.78, 5) is 0. The zero-order chi connectivity index (χ0) is 19.5. The van der Waals surface area contributed by atoms with E-state index in [9.17, 15) is 8.78 Å². The van der Waals surface area contributed by atoms with Crippen LogP contribution in [0.2, 0.25) is 0 Å². The lowest BCUT2D eigenvalue weighted by atomic mass is 10.0. The van der Waals surface area contributed by atoms with Crippen molar-refractivity contribution in [3.63, 3.8) is 0 Å².